The number of alkyl halides is 3. The minimum absolute atomic E-state index is 0.0369. The molecule has 1 aliphatic heterocycles. The van der Waals surface area contributed by atoms with Gasteiger partial charge in [-0.1, -0.05) is 24.3 Å². The second-order valence-electron chi connectivity index (χ2n) is 7.59. The number of fused-ring (bicyclic) bond motifs is 1. The summed E-state index contributed by atoms with van der Waals surface area (Å²) in [6, 6.07) is 12.6. The second-order valence-corrected chi connectivity index (χ2v) is 7.59. The molecule has 3 aromatic rings. The summed E-state index contributed by atoms with van der Waals surface area (Å²) in [5.41, 5.74) is 3.60. The highest BCUT2D eigenvalue weighted by atomic mass is 19.4. The molecule has 1 aromatic carbocycles. The monoisotopic (exact) mass is 475 g/mol. The number of para-hydroxylation sites is 1. The fraction of sp³-hybridized carbons (Fsp3) is 0.304. The smallest absolute Gasteiger partial charge is 0.475 e. The molecule has 180 valence electrons. The van der Waals surface area contributed by atoms with Crippen LogP contribution in [0.1, 0.15) is 23.4 Å². The van der Waals surface area contributed by atoms with Crippen molar-refractivity contribution in [3.63, 3.8) is 0 Å². The number of benzene rings is 1. The number of rotatable bonds is 5. The Kier molecular flexibility index (Phi) is 7.87. The van der Waals surface area contributed by atoms with Gasteiger partial charge in [0.15, 0.2) is 0 Å². The molecule has 0 radical (unpaired) electrons. The lowest BCUT2D eigenvalue weighted by Crippen LogP contribution is -2.27. The Hall–Kier alpha value is -3.89. The van der Waals surface area contributed by atoms with E-state index >= 15 is 0 Å². The van der Waals surface area contributed by atoms with E-state index in [1.54, 1.807) is 6.20 Å². The van der Waals surface area contributed by atoms with E-state index in [2.05, 4.69) is 44.5 Å². The highest BCUT2D eigenvalue weighted by Gasteiger charge is 2.38. The van der Waals surface area contributed by atoms with Crippen molar-refractivity contribution in [2.24, 2.45) is 0 Å². The number of nitrogens with one attached hydrogen (secondary N) is 1. The number of carboxylic acids is 1. The molecular weight excluding hydrogens is 451 g/mol. The Morgan fingerprint density at radius 1 is 1.15 bits per heavy atom. The highest BCUT2D eigenvalue weighted by Crippen LogP contribution is 2.32. The molecule has 0 fully saturated rings. The van der Waals surface area contributed by atoms with Crippen LogP contribution in [-0.2, 0) is 29.1 Å². The zero-order chi connectivity index (χ0) is 24.7. The Morgan fingerprint density at radius 3 is 2.50 bits per heavy atom. The molecule has 2 aromatic heterocycles. The van der Waals surface area contributed by atoms with Crippen molar-refractivity contribution >= 4 is 23.4 Å². The SMILES string of the molecule is Cc1nccn1CC(=O)NCc1ccc(N2CCCc3ccccc32)nc1.O=C(O)C(F)(F)F. The summed E-state index contributed by atoms with van der Waals surface area (Å²) in [6.07, 6.45) is 2.51. The fourth-order valence-corrected chi connectivity index (χ4v) is 3.43. The van der Waals surface area contributed by atoms with E-state index in [4.69, 9.17) is 9.90 Å². The van der Waals surface area contributed by atoms with Crippen molar-refractivity contribution in [3.8, 4) is 0 Å². The first-order chi connectivity index (χ1) is 16.1. The van der Waals surface area contributed by atoms with Gasteiger partial charge in [-0.15, -0.1) is 0 Å². The van der Waals surface area contributed by atoms with Crippen molar-refractivity contribution in [3.05, 3.63) is 71.9 Å². The van der Waals surface area contributed by atoms with Gasteiger partial charge in [-0.05, 0) is 43.0 Å². The van der Waals surface area contributed by atoms with E-state index in [9.17, 15) is 18.0 Å². The molecule has 0 spiro atoms. The molecule has 0 unspecified atom stereocenters. The van der Waals surface area contributed by atoms with Crippen molar-refractivity contribution in [2.45, 2.75) is 39.0 Å². The zero-order valence-corrected chi connectivity index (χ0v) is 18.4. The number of carbonyl (C=O) groups excluding carboxylic acids is 1. The van der Waals surface area contributed by atoms with Crippen LogP contribution in [0.15, 0.2) is 55.0 Å². The van der Waals surface area contributed by atoms with Crippen LogP contribution < -0.4 is 10.2 Å². The molecule has 11 heteroatoms. The molecule has 0 saturated carbocycles. The Labute approximate surface area is 194 Å². The number of nitrogens with zero attached hydrogens (tertiary/aromatic N) is 4. The number of hydrogen-bond acceptors (Lipinski definition) is 5. The third-order valence-corrected chi connectivity index (χ3v) is 5.17. The summed E-state index contributed by atoms with van der Waals surface area (Å²) in [4.78, 5) is 32.0. The number of anilines is 2. The number of hydrogen-bond donors (Lipinski definition) is 2. The van der Waals surface area contributed by atoms with E-state index in [0.717, 1.165) is 36.6 Å². The lowest BCUT2D eigenvalue weighted by molar-refractivity contribution is -0.192. The maximum absolute atomic E-state index is 12.1. The summed E-state index contributed by atoms with van der Waals surface area (Å²) in [7, 11) is 0. The van der Waals surface area contributed by atoms with Gasteiger partial charge in [0.25, 0.3) is 0 Å². The van der Waals surface area contributed by atoms with Crippen LogP contribution in [0.4, 0.5) is 24.7 Å². The van der Waals surface area contributed by atoms with Crippen molar-refractivity contribution in [1.29, 1.82) is 0 Å². The predicted molar refractivity (Wildman–Crippen MR) is 119 cm³/mol. The van der Waals surface area contributed by atoms with E-state index in [0.29, 0.717) is 6.54 Å². The fourth-order valence-electron chi connectivity index (χ4n) is 3.43. The quantitative estimate of drug-likeness (QED) is 0.585. The molecule has 4 rings (SSSR count). The van der Waals surface area contributed by atoms with E-state index in [-0.39, 0.29) is 12.5 Å². The van der Waals surface area contributed by atoms with Crippen LogP contribution in [0, 0.1) is 6.92 Å². The minimum Gasteiger partial charge on any atom is -0.475 e. The average molecular weight is 475 g/mol. The average Bonchev–Trinajstić information content (AvgIpc) is 3.21. The molecule has 1 aliphatic rings. The Bertz CT molecular complexity index is 1130. The lowest BCUT2D eigenvalue weighted by Gasteiger charge is -2.30. The van der Waals surface area contributed by atoms with Crippen molar-refractivity contribution in [1.82, 2.24) is 19.9 Å². The molecule has 8 nitrogen and oxygen atoms in total. The molecule has 0 bridgehead atoms. The number of carbonyl (C=O) groups is 2. The van der Waals surface area contributed by atoms with Gasteiger partial charge in [-0.2, -0.15) is 13.2 Å². The maximum atomic E-state index is 12.1. The molecule has 3 heterocycles. The number of carboxylic acid groups (broad SMARTS) is 1. The molecular formula is C23H24F3N5O3. The first-order valence-electron chi connectivity index (χ1n) is 10.5. The van der Waals surface area contributed by atoms with Crippen molar-refractivity contribution in [2.75, 3.05) is 11.4 Å². The third kappa shape index (κ3) is 6.56. The number of halogens is 3. The van der Waals surface area contributed by atoms with Crippen LogP contribution >= 0.6 is 0 Å². The summed E-state index contributed by atoms with van der Waals surface area (Å²) < 4.78 is 33.6. The number of aliphatic carboxylic acids is 1. The second kappa shape index (κ2) is 10.8. The van der Waals surface area contributed by atoms with Crippen LogP contribution in [0.5, 0.6) is 0 Å². The lowest BCUT2D eigenvalue weighted by atomic mass is 10.0. The van der Waals surface area contributed by atoms with Gasteiger partial charge >= 0.3 is 12.1 Å². The topological polar surface area (TPSA) is 100 Å². The zero-order valence-electron chi connectivity index (χ0n) is 18.4. The van der Waals surface area contributed by atoms with Gasteiger partial charge < -0.3 is 19.9 Å². The molecule has 0 atom stereocenters. The summed E-state index contributed by atoms with van der Waals surface area (Å²) in [5, 5.41) is 10.1. The number of amides is 1. The molecule has 2 N–H and O–H groups in total. The third-order valence-electron chi connectivity index (χ3n) is 5.17. The van der Waals surface area contributed by atoms with Gasteiger partial charge in [-0.3, -0.25) is 4.79 Å². The normalized spacial score (nSPS) is 12.9. The summed E-state index contributed by atoms with van der Waals surface area (Å²) >= 11 is 0. The van der Waals surface area contributed by atoms with Gasteiger partial charge in [0, 0.05) is 37.4 Å². The highest BCUT2D eigenvalue weighted by molar-refractivity contribution is 5.75. The first kappa shape index (κ1) is 24.7. The molecule has 1 amide bonds. The van der Waals surface area contributed by atoms with E-state index < -0.39 is 12.1 Å². The van der Waals surface area contributed by atoms with Crippen LogP contribution in [-0.4, -0.2) is 44.2 Å². The summed E-state index contributed by atoms with van der Waals surface area (Å²) in [6.45, 7) is 3.61. The largest absolute Gasteiger partial charge is 0.490 e. The first-order valence-corrected chi connectivity index (χ1v) is 10.5. The van der Waals surface area contributed by atoms with E-state index in [1.807, 2.05) is 36.0 Å². The predicted octanol–water partition coefficient (Wildman–Crippen LogP) is 3.62. The molecule has 34 heavy (non-hydrogen) atoms. The number of aryl methyl sites for hydroxylation is 2. The van der Waals surface area contributed by atoms with Gasteiger partial charge in [0.1, 0.15) is 18.2 Å². The number of pyridine rings is 1. The minimum atomic E-state index is -5.08. The molecule has 0 aliphatic carbocycles. The van der Waals surface area contributed by atoms with Crippen LogP contribution in [0.25, 0.3) is 0 Å². The maximum Gasteiger partial charge on any atom is 0.490 e. The Balaban J connectivity index is 0.000000406. The van der Waals surface area contributed by atoms with E-state index in [1.165, 1.54) is 11.3 Å². The number of aromatic nitrogens is 3. The van der Waals surface area contributed by atoms with Crippen molar-refractivity contribution < 1.29 is 27.9 Å². The Morgan fingerprint density at radius 2 is 1.88 bits per heavy atom. The van der Waals surface area contributed by atoms with Gasteiger partial charge in [0.05, 0.1) is 0 Å². The molecule has 0 saturated heterocycles. The standard InChI is InChI=1S/C21H23N5O.C2HF3O2/c1-16-22-10-12-25(16)15-21(27)24-14-17-8-9-20(23-13-17)26-11-4-6-18-5-2-3-7-19(18)26;3-2(4,5)1(6)7/h2-3,5,7-10,12-13H,4,6,11,14-15H2,1H3,(H,24,27);(H,6,7). The van der Waals surface area contributed by atoms with Crippen LogP contribution in [0.3, 0.4) is 0 Å². The van der Waals surface area contributed by atoms with Gasteiger partial charge in [0.2, 0.25) is 5.91 Å². The summed E-state index contributed by atoms with van der Waals surface area (Å²) in [5.74, 6) is -1.01. The number of imidazole rings is 1. The van der Waals surface area contributed by atoms with Gasteiger partial charge in [-0.25, -0.2) is 14.8 Å². The van der Waals surface area contributed by atoms with Crippen LogP contribution in [0.2, 0.25) is 0 Å².